The fourth-order valence-corrected chi connectivity index (χ4v) is 2.25. The molecular formula is C21H22N4O3S. The second-order valence-corrected chi connectivity index (χ2v) is 6.77. The van der Waals surface area contributed by atoms with E-state index in [1.165, 1.54) is 6.08 Å². The van der Waals surface area contributed by atoms with Gasteiger partial charge in [-0.1, -0.05) is 44.2 Å². The van der Waals surface area contributed by atoms with Gasteiger partial charge in [-0.05, 0) is 48.1 Å². The summed E-state index contributed by atoms with van der Waals surface area (Å²) in [5, 5.41) is 5.13. The Balaban J connectivity index is 1.79. The predicted octanol–water partition coefficient (Wildman–Crippen LogP) is 2.63. The molecule has 0 saturated carbocycles. The molecule has 29 heavy (non-hydrogen) atoms. The molecule has 0 radical (unpaired) electrons. The first kappa shape index (κ1) is 21.8. The van der Waals surface area contributed by atoms with E-state index in [4.69, 9.17) is 12.2 Å². The standard InChI is InChI=1S/C21H22N4O3S/c1-14(2)19(27)22-17-11-9-16(10-12-17)20(28)24-25-21(29)23-18(26)13-8-15-6-4-3-5-7-15/h3-14H,1-2H3,(H,22,27)(H,24,28)(H2,23,25,26,29). The molecule has 0 bridgehead atoms. The van der Waals surface area contributed by atoms with Gasteiger partial charge in [0.2, 0.25) is 11.8 Å². The fourth-order valence-electron chi connectivity index (χ4n) is 2.10. The van der Waals surface area contributed by atoms with Crippen LogP contribution in [0.15, 0.2) is 60.7 Å². The minimum absolute atomic E-state index is 0.0399. The van der Waals surface area contributed by atoms with Crippen LogP contribution in [-0.2, 0) is 9.59 Å². The van der Waals surface area contributed by atoms with Crippen molar-refractivity contribution in [2.75, 3.05) is 5.32 Å². The molecule has 0 aliphatic carbocycles. The summed E-state index contributed by atoms with van der Waals surface area (Å²) in [5.74, 6) is -1.11. The highest BCUT2D eigenvalue weighted by Gasteiger charge is 2.09. The van der Waals surface area contributed by atoms with Crippen LogP contribution in [0.3, 0.4) is 0 Å². The van der Waals surface area contributed by atoms with Gasteiger partial charge in [0.1, 0.15) is 0 Å². The zero-order valence-corrected chi connectivity index (χ0v) is 16.9. The maximum Gasteiger partial charge on any atom is 0.269 e. The summed E-state index contributed by atoms with van der Waals surface area (Å²) in [6, 6.07) is 15.7. The number of hydrogen-bond acceptors (Lipinski definition) is 4. The Bertz CT molecular complexity index is 909. The van der Waals surface area contributed by atoms with Crippen molar-refractivity contribution in [2.45, 2.75) is 13.8 Å². The van der Waals surface area contributed by atoms with Crippen LogP contribution < -0.4 is 21.5 Å². The molecule has 2 aromatic rings. The zero-order chi connectivity index (χ0) is 21.2. The molecule has 0 aromatic heterocycles. The van der Waals surface area contributed by atoms with Gasteiger partial charge in [-0.2, -0.15) is 0 Å². The largest absolute Gasteiger partial charge is 0.326 e. The lowest BCUT2D eigenvalue weighted by atomic mass is 10.1. The van der Waals surface area contributed by atoms with Crippen LogP contribution in [0.1, 0.15) is 29.8 Å². The highest BCUT2D eigenvalue weighted by molar-refractivity contribution is 7.80. The SMILES string of the molecule is CC(C)C(=O)Nc1ccc(C(=O)NNC(=S)NC(=O)C=Cc2ccccc2)cc1. The summed E-state index contributed by atoms with van der Waals surface area (Å²) in [4.78, 5) is 35.7. The van der Waals surface area contributed by atoms with Crippen LogP contribution in [0.25, 0.3) is 6.08 Å². The lowest BCUT2D eigenvalue weighted by molar-refractivity contribution is -0.119. The molecule has 8 heteroatoms. The number of thiocarbonyl (C=S) groups is 1. The Morgan fingerprint density at radius 1 is 0.931 bits per heavy atom. The average molecular weight is 410 g/mol. The molecule has 0 unspecified atom stereocenters. The number of benzene rings is 2. The van der Waals surface area contributed by atoms with Crippen LogP contribution in [0.4, 0.5) is 5.69 Å². The third kappa shape index (κ3) is 7.55. The Morgan fingerprint density at radius 2 is 1.59 bits per heavy atom. The first-order valence-corrected chi connectivity index (χ1v) is 9.31. The van der Waals surface area contributed by atoms with Gasteiger partial charge in [0.15, 0.2) is 5.11 Å². The van der Waals surface area contributed by atoms with Gasteiger partial charge in [0.05, 0.1) is 0 Å². The minimum atomic E-state index is -0.442. The number of rotatable bonds is 5. The number of hydrogen-bond donors (Lipinski definition) is 4. The van der Waals surface area contributed by atoms with Crippen molar-refractivity contribution in [3.63, 3.8) is 0 Å². The van der Waals surface area contributed by atoms with Crippen molar-refractivity contribution in [3.8, 4) is 0 Å². The number of anilines is 1. The quantitative estimate of drug-likeness (QED) is 0.345. The molecule has 7 nitrogen and oxygen atoms in total. The van der Waals surface area contributed by atoms with Crippen molar-refractivity contribution >= 4 is 46.8 Å². The van der Waals surface area contributed by atoms with E-state index in [-0.39, 0.29) is 16.9 Å². The molecule has 0 fully saturated rings. The second kappa shape index (κ2) is 10.7. The fraction of sp³-hybridized carbons (Fsp3) is 0.143. The van der Waals surface area contributed by atoms with Crippen LogP contribution in [0, 0.1) is 5.92 Å². The molecular weight excluding hydrogens is 388 g/mol. The smallest absolute Gasteiger partial charge is 0.269 e. The van der Waals surface area contributed by atoms with Crippen molar-refractivity contribution in [1.29, 1.82) is 0 Å². The van der Waals surface area contributed by atoms with E-state index in [0.29, 0.717) is 11.3 Å². The highest BCUT2D eigenvalue weighted by atomic mass is 32.1. The molecule has 4 N–H and O–H groups in total. The highest BCUT2D eigenvalue weighted by Crippen LogP contribution is 2.10. The summed E-state index contributed by atoms with van der Waals surface area (Å²) in [5.41, 5.74) is 6.70. The van der Waals surface area contributed by atoms with E-state index in [1.807, 2.05) is 30.3 Å². The van der Waals surface area contributed by atoms with E-state index in [0.717, 1.165) is 5.56 Å². The molecule has 0 aliphatic rings. The van der Waals surface area contributed by atoms with Gasteiger partial charge in [-0.15, -0.1) is 0 Å². The zero-order valence-electron chi connectivity index (χ0n) is 16.1. The minimum Gasteiger partial charge on any atom is -0.326 e. The van der Waals surface area contributed by atoms with E-state index >= 15 is 0 Å². The number of amides is 3. The van der Waals surface area contributed by atoms with Crippen LogP contribution in [-0.4, -0.2) is 22.8 Å². The molecule has 3 amide bonds. The van der Waals surface area contributed by atoms with Gasteiger partial charge in [0.25, 0.3) is 5.91 Å². The molecule has 2 rings (SSSR count). The van der Waals surface area contributed by atoms with E-state index in [1.54, 1.807) is 44.2 Å². The molecule has 0 spiro atoms. The van der Waals surface area contributed by atoms with E-state index < -0.39 is 11.8 Å². The predicted molar refractivity (Wildman–Crippen MR) is 117 cm³/mol. The number of carbonyl (C=O) groups is 3. The Labute approximate surface area is 174 Å². The molecule has 2 aromatic carbocycles. The normalized spacial score (nSPS) is 10.4. The maximum absolute atomic E-state index is 12.1. The maximum atomic E-state index is 12.1. The first-order chi connectivity index (χ1) is 13.8. The van der Waals surface area contributed by atoms with Crippen molar-refractivity contribution in [2.24, 2.45) is 5.92 Å². The van der Waals surface area contributed by atoms with E-state index in [2.05, 4.69) is 21.5 Å². The molecule has 0 heterocycles. The van der Waals surface area contributed by atoms with Crippen LogP contribution >= 0.6 is 12.2 Å². The average Bonchev–Trinajstić information content (AvgIpc) is 2.71. The molecule has 0 aliphatic heterocycles. The van der Waals surface area contributed by atoms with Crippen molar-refractivity contribution < 1.29 is 14.4 Å². The van der Waals surface area contributed by atoms with Gasteiger partial charge in [-0.3, -0.25) is 30.6 Å². The monoisotopic (exact) mass is 410 g/mol. The third-order valence-electron chi connectivity index (χ3n) is 3.69. The summed E-state index contributed by atoms with van der Waals surface area (Å²) in [7, 11) is 0. The van der Waals surface area contributed by atoms with E-state index in [9.17, 15) is 14.4 Å². The van der Waals surface area contributed by atoms with Gasteiger partial charge < -0.3 is 5.32 Å². The van der Waals surface area contributed by atoms with Gasteiger partial charge in [0, 0.05) is 23.2 Å². The lowest BCUT2D eigenvalue weighted by Crippen LogP contribution is -2.48. The topological polar surface area (TPSA) is 99.3 Å². The summed E-state index contributed by atoms with van der Waals surface area (Å²) in [6.45, 7) is 3.59. The summed E-state index contributed by atoms with van der Waals surface area (Å²) < 4.78 is 0. The number of carbonyl (C=O) groups excluding carboxylic acids is 3. The van der Waals surface area contributed by atoms with Crippen LogP contribution in [0.5, 0.6) is 0 Å². The number of hydrazine groups is 1. The number of nitrogens with one attached hydrogen (secondary N) is 4. The Kier molecular flexibility index (Phi) is 8.05. The summed E-state index contributed by atoms with van der Waals surface area (Å²) in [6.07, 6.45) is 2.99. The second-order valence-electron chi connectivity index (χ2n) is 6.36. The Hall–Kier alpha value is -3.52. The first-order valence-electron chi connectivity index (χ1n) is 8.90. The molecule has 0 saturated heterocycles. The lowest BCUT2D eigenvalue weighted by Gasteiger charge is -2.11. The van der Waals surface area contributed by atoms with Gasteiger partial charge in [-0.25, -0.2) is 0 Å². The van der Waals surface area contributed by atoms with Crippen molar-refractivity contribution in [1.82, 2.24) is 16.2 Å². The van der Waals surface area contributed by atoms with Crippen molar-refractivity contribution in [3.05, 3.63) is 71.8 Å². The third-order valence-corrected chi connectivity index (χ3v) is 3.90. The van der Waals surface area contributed by atoms with Crippen LogP contribution in [0.2, 0.25) is 0 Å². The Morgan fingerprint density at radius 3 is 2.21 bits per heavy atom. The molecule has 0 atom stereocenters. The molecule has 150 valence electrons. The van der Waals surface area contributed by atoms with Gasteiger partial charge >= 0.3 is 0 Å². The summed E-state index contributed by atoms with van der Waals surface area (Å²) >= 11 is 4.98.